The number of aromatic amines is 1. The highest BCUT2D eigenvalue weighted by Crippen LogP contribution is 2.37. The van der Waals surface area contributed by atoms with Crippen LogP contribution in [-0.4, -0.2) is 64.0 Å². The number of benzene rings is 2. The Morgan fingerprint density at radius 1 is 1.19 bits per heavy atom. The second kappa shape index (κ2) is 9.31. The Kier molecular flexibility index (Phi) is 6.03. The average molecular weight is 488 g/mol. The number of aromatic nitrogens is 2. The van der Waals surface area contributed by atoms with Gasteiger partial charge in [0.25, 0.3) is 0 Å². The number of nitrogens with two attached hydrogens (primary N) is 1. The number of ether oxygens (including phenoxy) is 1. The molecule has 10 nitrogen and oxygen atoms in total. The van der Waals surface area contributed by atoms with Crippen LogP contribution < -0.4 is 11.1 Å². The number of carbonyl (C=O) groups excluding carboxylic acids is 3. The molecule has 0 aliphatic carbocycles. The van der Waals surface area contributed by atoms with Crippen molar-refractivity contribution in [3.63, 3.8) is 0 Å². The minimum Gasteiger partial charge on any atom is -0.494 e. The number of hydrogen-bond donors (Lipinski definition) is 4. The number of H-pyrrole nitrogens is 1. The van der Waals surface area contributed by atoms with E-state index in [1.807, 2.05) is 12.1 Å². The van der Waals surface area contributed by atoms with Gasteiger partial charge in [-0.2, -0.15) is 0 Å². The predicted molar refractivity (Wildman–Crippen MR) is 134 cm³/mol. The summed E-state index contributed by atoms with van der Waals surface area (Å²) >= 11 is 0. The van der Waals surface area contributed by atoms with Gasteiger partial charge in [0.15, 0.2) is 5.88 Å². The van der Waals surface area contributed by atoms with Crippen molar-refractivity contribution in [3.8, 4) is 17.1 Å². The molecular formula is C26H25N5O5. The topological polar surface area (TPSA) is 151 Å². The molecule has 2 aromatic heterocycles. The fourth-order valence-corrected chi connectivity index (χ4v) is 4.75. The van der Waals surface area contributed by atoms with Gasteiger partial charge in [0.1, 0.15) is 0 Å². The monoisotopic (exact) mass is 487 g/mol. The number of primary amides is 1. The van der Waals surface area contributed by atoms with E-state index in [4.69, 9.17) is 15.5 Å². The Morgan fingerprint density at radius 3 is 2.81 bits per heavy atom. The van der Waals surface area contributed by atoms with E-state index in [2.05, 4.69) is 10.3 Å². The van der Waals surface area contributed by atoms with Gasteiger partial charge in [-0.3, -0.25) is 14.5 Å². The van der Waals surface area contributed by atoms with Gasteiger partial charge in [0, 0.05) is 22.0 Å². The summed E-state index contributed by atoms with van der Waals surface area (Å²) in [5, 5.41) is 15.0. The molecule has 1 saturated heterocycles. The smallest absolute Gasteiger partial charge is 0.337 e. The second-order valence-electron chi connectivity index (χ2n) is 8.78. The standard InChI is InChI=1S/C26H25N5O5/c1-36-26(35)15-4-7-17-20(12-15)30-25(34)23(17)19-8-5-14-11-16(6-9-18(14)29-19)28-22(32)13-31-10-2-3-21(31)24(27)33/h4-9,11-12,21,30,34H,2-3,10,13H2,1H3,(H2,27,33)(H,28,32)/t21-/m0/s1. The third-order valence-electron chi connectivity index (χ3n) is 6.47. The molecule has 3 heterocycles. The molecule has 36 heavy (non-hydrogen) atoms. The molecule has 1 fully saturated rings. The number of hydrogen-bond acceptors (Lipinski definition) is 7. The van der Waals surface area contributed by atoms with Crippen molar-refractivity contribution in [2.45, 2.75) is 18.9 Å². The van der Waals surface area contributed by atoms with Crippen LogP contribution >= 0.6 is 0 Å². The fourth-order valence-electron chi connectivity index (χ4n) is 4.75. The van der Waals surface area contributed by atoms with Crippen molar-refractivity contribution in [2.75, 3.05) is 25.5 Å². The van der Waals surface area contributed by atoms with Gasteiger partial charge < -0.3 is 25.9 Å². The minimum atomic E-state index is -0.465. The second-order valence-corrected chi connectivity index (χ2v) is 8.78. The Morgan fingerprint density at radius 2 is 2.03 bits per heavy atom. The van der Waals surface area contributed by atoms with Crippen LogP contribution in [0, 0.1) is 0 Å². The van der Waals surface area contributed by atoms with Crippen molar-refractivity contribution in [3.05, 3.63) is 54.1 Å². The first kappa shape index (κ1) is 23.3. The molecule has 10 heteroatoms. The maximum Gasteiger partial charge on any atom is 0.337 e. The lowest BCUT2D eigenvalue weighted by Crippen LogP contribution is -2.43. The van der Waals surface area contributed by atoms with Crippen LogP contribution in [0.4, 0.5) is 5.69 Å². The maximum atomic E-state index is 12.5. The molecule has 0 unspecified atom stereocenters. The Balaban J connectivity index is 1.37. The molecule has 0 bridgehead atoms. The molecule has 0 saturated carbocycles. The number of nitrogens with one attached hydrogen (secondary N) is 2. The number of methoxy groups -OCH3 is 1. The number of pyridine rings is 1. The molecule has 0 spiro atoms. The molecule has 4 aromatic rings. The van der Waals surface area contributed by atoms with Gasteiger partial charge in [-0.25, -0.2) is 9.78 Å². The predicted octanol–water partition coefficient (Wildman–Crippen LogP) is 2.76. The van der Waals surface area contributed by atoms with Crippen molar-refractivity contribution in [2.24, 2.45) is 5.73 Å². The van der Waals surface area contributed by atoms with Crippen LogP contribution in [-0.2, 0) is 14.3 Å². The fraction of sp³-hybridized carbons (Fsp3) is 0.231. The Bertz CT molecular complexity index is 1510. The molecule has 1 atom stereocenters. The van der Waals surface area contributed by atoms with Gasteiger partial charge in [-0.05, 0) is 55.8 Å². The first-order valence-corrected chi connectivity index (χ1v) is 11.5. The number of aromatic hydroxyl groups is 1. The van der Waals surface area contributed by atoms with Crippen LogP contribution in [0.25, 0.3) is 33.1 Å². The molecule has 1 aliphatic rings. The third-order valence-corrected chi connectivity index (χ3v) is 6.47. The summed E-state index contributed by atoms with van der Waals surface area (Å²) in [6.45, 7) is 0.760. The summed E-state index contributed by atoms with van der Waals surface area (Å²) in [5.74, 6) is -1.15. The number of nitrogens with zero attached hydrogens (tertiary/aromatic N) is 2. The summed E-state index contributed by atoms with van der Waals surface area (Å²) in [6, 6.07) is 13.6. The van der Waals surface area contributed by atoms with E-state index in [-0.39, 0.29) is 18.3 Å². The summed E-state index contributed by atoms with van der Waals surface area (Å²) in [5.41, 5.74) is 8.76. The van der Waals surface area contributed by atoms with E-state index in [0.717, 1.165) is 11.8 Å². The number of esters is 1. The average Bonchev–Trinajstić information content (AvgIpc) is 3.46. The van der Waals surface area contributed by atoms with Gasteiger partial charge in [0.05, 0.1) is 42.0 Å². The lowest BCUT2D eigenvalue weighted by molar-refractivity contribution is -0.123. The molecule has 5 rings (SSSR count). The lowest BCUT2D eigenvalue weighted by Gasteiger charge is -2.21. The highest BCUT2D eigenvalue weighted by Gasteiger charge is 2.30. The quantitative estimate of drug-likeness (QED) is 0.305. The van der Waals surface area contributed by atoms with E-state index >= 15 is 0 Å². The molecule has 5 N–H and O–H groups in total. The van der Waals surface area contributed by atoms with Crippen LogP contribution in [0.15, 0.2) is 48.5 Å². The molecule has 1 aliphatic heterocycles. The van der Waals surface area contributed by atoms with Crippen LogP contribution in [0.1, 0.15) is 23.2 Å². The van der Waals surface area contributed by atoms with Crippen molar-refractivity contribution in [1.29, 1.82) is 0 Å². The first-order chi connectivity index (χ1) is 17.3. The number of amides is 2. The van der Waals surface area contributed by atoms with E-state index in [0.29, 0.717) is 51.9 Å². The lowest BCUT2D eigenvalue weighted by atomic mass is 10.1. The van der Waals surface area contributed by atoms with Gasteiger partial charge in [-0.15, -0.1) is 0 Å². The number of carbonyl (C=O) groups is 3. The first-order valence-electron chi connectivity index (χ1n) is 11.5. The van der Waals surface area contributed by atoms with Gasteiger partial charge >= 0.3 is 5.97 Å². The van der Waals surface area contributed by atoms with E-state index in [1.54, 1.807) is 41.3 Å². The highest BCUT2D eigenvalue weighted by molar-refractivity contribution is 6.03. The zero-order chi connectivity index (χ0) is 25.4. The normalized spacial score (nSPS) is 15.9. The molecular weight excluding hydrogens is 462 g/mol. The van der Waals surface area contributed by atoms with Crippen molar-refractivity contribution >= 4 is 45.3 Å². The zero-order valence-corrected chi connectivity index (χ0v) is 19.6. The summed E-state index contributed by atoms with van der Waals surface area (Å²) in [4.78, 5) is 45.3. The van der Waals surface area contributed by atoms with Crippen molar-refractivity contribution < 1.29 is 24.2 Å². The summed E-state index contributed by atoms with van der Waals surface area (Å²) in [7, 11) is 1.31. The minimum absolute atomic E-state index is 0.0565. The SMILES string of the molecule is COC(=O)c1ccc2c(-c3ccc4cc(NC(=O)CN5CCC[C@H]5C(N)=O)ccc4n3)c(O)[nH]c2c1. The molecule has 184 valence electrons. The summed E-state index contributed by atoms with van der Waals surface area (Å²) in [6.07, 6.45) is 1.51. The third kappa shape index (κ3) is 4.34. The van der Waals surface area contributed by atoms with Gasteiger partial charge in [-0.1, -0.05) is 12.1 Å². The van der Waals surface area contributed by atoms with Crippen LogP contribution in [0.3, 0.4) is 0 Å². The number of likely N-dealkylation sites (tertiary alicyclic amines) is 1. The highest BCUT2D eigenvalue weighted by atomic mass is 16.5. The number of fused-ring (bicyclic) bond motifs is 2. The van der Waals surface area contributed by atoms with E-state index < -0.39 is 17.9 Å². The number of anilines is 1. The van der Waals surface area contributed by atoms with E-state index in [1.165, 1.54) is 7.11 Å². The molecule has 0 radical (unpaired) electrons. The largest absolute Gasteiger partial charge is 0.494 e. The van der Waals surface area contributed by atoms with Crippen molar-refractivity contribution in [1.82, 2.24) is 14.9 Å². The van der Waals surface area contributed by atoms with Crippen LogP contribution in [0.2, 0.25) is 0 Å². The van der Waals surface area contributed by atoms with Crippen LogP contribution in [0.5, 0.6) is 5.88 Å². The van der Waals surface area contributed by atoms with E-state index in [9.17, 15) is 19.5 Å². The summed E-state index contributed by atoms with van der Waals surface area (Å²) < 4.78 is 4.76. The Labute approximate surface area is 206 Å². The van der Waals surface area contributed by atoms with Gasteiger partial charge in [0.2, 0.25) is 11.8 Å². The maximum absolute atomic E-state index is 12.5. The molecule has 2 amide bonds. The molecule has 2 aromatic carbocycles. The zero-order valence-electron chi connectivity index (χ0n) is 19.6. The number of rotatable bonds is 6. The Hall–Kier alpha value is -4.44.